The van der Waals surface area contributed by atoms with Crippen LogP contribution in [0, 0.1) is 11.3 Å². The van der Waals surface area contributed by atoms with Gasteiger partial charge in [-0.1, -0.05) is 21.9 Å². The number of halogens is 6. The molecule has 276 valence electrons. The van der Waals surface area contributed by atoms with Crippen molar-refractivity contribution >= 4 is 90.0 Å². The molecule has 1 aliphatic carbocycles. The van der Waals surface area contributed by atoms with E-state index in [4.69, 9.17) is 4.74 Å². The summed E-state index contributed by atoms with van der Waals surface area (Å²) in [6, 6.07) is 2.76. The summed E-state index contributed by atoms with van der Waals surface area (Å²) in [4.78, 5) is 13.9. The number of ether oxygens (including phenoxy) is 1. The largest absolute Gasteiger partial charge is 0.458 e. The predicted octanol–water partition coefficient (Wildman–Crippen LogP) is -0.0149. The molecule has 4 aliphatic rings. The molecule has 1 saturated carbocycles. The standard InChI is InChI=1S/C36H44B5F6N5O/c37-27-28(38)30(40)33(31(41)29(27)39)53-24-5-4-21(14-22(42)23-15-48-16-25(49-23)51-13-9-35(43,44)19-51)32(26(24)36(45,46)47)52-10-1-6-34(18-52)7-11-50(12-8-34)17-20-2-3-20/h4-5,14-16,20H,1-3,6-13,17-19,37-41H2/b22-14-. The molecule has 0 amide bonds. The molecule has 3 aromatic rings. The zero-order chi connectivity index (χ0) is 37.9. The van der Waals surface area contributed by atoms with Crippen LogP contribution in [-0.4, -0.2) is 106 Å². The summed E-state index contributed by atoms with van der Waals surface area (Å²) in [5.41, 5.74) is 3.05. The number of alkyl halides is 5. The SMILES string of the molecule is Bc1c(B)c(B)c(Oc2ccc(/C=C(\F)c3cncc(N4CCC(F)(F)C4)n3)c(N3CCCC4(CCN(CC5CC5)CC4)C3)c2C(F)(F)F)c(B)c1B. The minimum Gasteiger partial charge on any atom is -0.458 e. The zero-order valence-corrected chi connectivity index (χ0v) is 31.3. The quantitative estimate of drug-likeness (QED) is 0.240. The molecule has 53 heavy (non-hydrogen) atoms. The predicted molar refractivity (Wildman–Crippen MR) is 214 cm³/mol. The Morgan fingerprint density at radius 1 is 0.849 bits per heavy atom. The molecule has 0 radical (unpaired) electrons. The van der Waals surface area contributed by atoms with E-state index >= 15 is 17.6 Å². The number of likely N-dealkylation sites (tertiary alicyclic amines) is 1. The van der Waals surface area contributed by atoms with Crippen molar-refractivity contribution in [3.8, 4) is 11.5 Å². The van der Waals surface area contributed by atoms with E-state index in [1.165, 1.54) is 36.1 Å². The fourth-order valence-electron chi connectivity index (χ4n) is 8.58. The molecular weight excluding hydrogens is 686 g/mol. The van der Waals surface area contributed by atoms with Gasteiger partial charge in [0.1, 0.15) is 67.8 Å². The molecule has 1 aromatic heterocycles. The van der Waals surface area contributed by atoms with E-state index in [1.807, 2.05) is 39.2 Å². The molecule has 4 fully saturated rings. The van der Waals surface area contributed by atoms with Gasteiger partial charge in [-0.15, -0.1) is 5.46 Å². The summed E-state index contributed by atoms with van der Waals surface area (Å²) in [6.07, 6.45) is 4.27. The Labute approximate surface area is 312 Å². The van der Waals surface area contributed by atoms with Crippen molar-refractivity contribution in [1.29, 1.82) is 0 Å². The highest BCUT2D eigenvalue weighted by molar-refractivity contribution is 6.67. The third-order valence-electron chi connectivity index (χ3n) is 12.3. The van der Waals surface area contributed by atoms with Gasteiger partial charge in [0.15, 0.2) is 5.83 Å². The summed E-state index contributed by atoms with van der Waals surface area (Å²) in [5, 5.41) is 0. The first-order valence-electron chi connectivity index (χ1n) is 18.8. The smallest absolute Gasteiger partial charge is 0.422 e. The van der Waals surface area contributed by atoms with Crippen LogP contribution in [0.15, 0.2) is 24.5 Å². The van der Waals surface area contributed by atoms with Crippen molar-refractivity contribution in [1.82, 2.24) is 14.9 Å². The molecule has 1 spiro atoms. The van der Waals surface area contributed by atoms with Crippen LogP contribution in [0.3, 0.4) is 0 Å². The van der Waals surface area contributed by atoms with Gasteiger partial charge < -0.3 is 19.4 Å². The number of aromatic nitrogens is 2. The first-order chi connectivity index (χ1) is 25.0. The van der Waals surface area contributed by atoms with E-state index in [-0.39, 0.29) is 46.9 Å². The highest BCUT2D eigenvalue weighted by atomic mass is 19.4. The van der Waals surface area contributed by atoms with Crippen LogP contribution in [0.25, 0.3) is 11.9 Å². The second-order valence-corrected chi connectivity index (χ2v) is 16.0. The fourth-order valence-corrected chi connectivity index (χ4v) is 8.58. The van der Waals surface area contributed by atoms with Crippen LogP contribution in [0.5, 0.6) is 11.5 Å². The van der Waals surface area contributed by atoms with Gasteiger partial charge >= 0.3 is 6.18 Å². The summed E-state index contributed by atoms with van der Waals surface area (Å²) in [6.45, 7) is 3.19. The second kappa shape index (κ2) is 14.3. The Hall–Kier alpha value is -3.48. The van der Waals surface area contributed by atoms with Crippen LogP contribution < -0.4 is 41.9 Å². The van der Waals surface area contributed by atoms with Crippen LogP contribution in [-0.2, 0) is 6.18 Å². The lowest BCUT2D eigenvalue weighted by molar-refractivity contribution is -0.138. The van der Waals surface area contributed by atoms with Gasteiger partial charge in [-0.25, -0.2) is 18.2 Å². The lowest BCUT2D eigenvalue weighted by Crippen LogP contribution is -2.54. The number of piperidine rings is 2. The number of nitrogens with zero attached hydrogens (tertiary/aromatic N) is 5. The van der Waals surface area contributed by atoms with Gasteiger partial charge in [0, 0.05) is 38.2 Å². The molecule has 0 unspecified atom stereocenters. The molecule has 4 heterocycles. The summed E-state index contributed by atoms with van der Waals surface area (Å²) in [7, 11) is 9.58. The third-order valence-corrected chi connectivity index (χ3v) is 12.3. The van der Waals surface area contributed by atoms with E-state index < -0.39 is 30.0 Å². The normalized spacial score (nSPS) is 20.7. The third kappa shape index (κ3) is 7.87. The van der Waals surface area contributed by atoms with E-state index in [0.29, 0.717) is 25.3 Å². The molecule has 6 nitrogen and oxygen atoms in total. The molecule has 7 rings (SSSR count). The van der Waals surface area contributed by atoms with Crippen molar-refractivity contribution in [2.45, 2.75) is 57.0 Å². The molecule has 0 atom stereocenters. The van der Waals surface area contributed by atoms with E-state index in [9.17, 15) is 8.78 Å². The van der Waals surface area contributed by atoms with E-state index in [0.717, 1.165) is 84.4 Å². The first-order valence-corrected chi connectivity index (χ1v) is 18.8. The number of rotatable bonds is 8. The topological polar surface area (TPSA) is 44.7 Å². The summed E-state index contributed by atoms with van der Waals surface area (Å²) >= 11 is 0. The average Bonchev–Trinajstić information content (AvgIpc) is 3.87. The van der Waals surface area contributed by atoms with Crippen LogP contribution in [0.4, 0.5) is 37.8 Å². The fraction of sp³-hybridized carbons (Fsp3) is 0.500. The maximum atomic E-state index is 16.3. The van der Waals surface area contributed by atoms with Crippen molar-refractivity contribution in [2.75, 3.05) is 55.6 Å². The van der Waals surface area contributed by atoms with Crippen LogP contribution in [0.2, 0.25) is 0 Å². The van der Waals surface area contributed by atoms with Crippen LogP contribution >= 0.6 is 0 Å². The molecule has 17 heteroatoms. The zero-order valence-electron chi connectivity index (χ0n) is 31.3. The molecule has 0 N–H and O–H groups in total. The van der Waals surface area contributed by atoms with E-state index in [1.54, 1.807) is 4.90 Å². The lowest BCUT2D eigenvalue weighted by atomic mass is 9.62. The Balaban J connectivity index is 1.31. The molecule has 3 aliphatic heterocycles. The monoisotopic (exact) mass is 731 g/mol. The first kappa shape index (κ1) is 37.8. The molecule has 2 aromatic carbocycles. The highest BCUT2D eigenvalue weighted by Crippen LogP contribution is 2.50. The summed E-state index contributed by atoms with van der Waals surface area (Å²) < 4.78 is 97.4. The second-order valence-electron chi connectivity index (χ2n) is 16.0. The Kier molecular flexibility index (Phi) is 10.2. The number of benzene rings is 2. The van der Waals surface area contributed by atoms with Crippen LogP contribution in [0.1, 0.15) is 61.8 Å². The number of hydrogen-bond acceptors (Lipinski definition) is 6. The van der Waals surface area contributed by atoms with Crippen molar-refractivity contribution < 1.29 is 31.1 Å². The highest BCUT2D eigenvalue weighted by Gasteiger charge is 2.45. The van der Waals surface area contributed by atoms with Gasteiger partial charge in [0.2, 0.25) is 0 Å². The molecule has 3 saturated heterocycles. The van der Waals surface area contributed by atoms with Crippen molar-refractivity contribution in [3.63, 3.8) is 0 Å². The number of anilines is 2. The van der Waals surface area contributed by atoms with E-state index in [2.05, 4.69) is 14.9 Å². The van der Waals surface area contributed by atoms with Gasteiger partial charge in [0.25, 0.3) is 5.92 Å². The van der Waals surface area contributed by atoms with Crippen molar-refractivity contribution in [3.05, 3.63) is 41.3 Å². The minimum absolute atomic E-state index is 0.0328. The van der Waals surface area contributed by atoms with Gasteiger partial charge in [-0.3, -0.25) is 4.98 Å². The Bertz CT molecular complexity index is 1890. The van der Waals surface area contributed by atoms with Crippen molar-refractivity contribution in [2.24, 2.45) is 11.3 Å². The van der Waals surface area contributed by atoms with Gasteiger partial charge in [-0.2, -0.15) is 13.2 Å². The Morgan fingerprint density at radius 3 is 2.15 bits per heavy atom. The van der Waals surface area contributed by atoms with Gasteiger partial charge in [-0.05, 0) is 81.2 Å². The summed E-state index contributed by atoms with van der Waals surface area (Å²) in [5.74, 6) is -2.91. The van der Waals surface area contributed by atoms with Gasteiger partial charge in [0.05, 0.1) is 24.6 Å². The minimum atomic E-state index is -4.85. The maximum Gasteiger partial charge on any atom is 0.422 e. The molecule has 0 bridgehead atoms. The number of hydrogen-bond donors (Lipinski definition) is 0. The molecular formula is C36H44B5F6N5O. The lowest BCUT2D eigenvalue weighted by Gasteiger charge is -2.49. The Morgan fingerprint density at radius 2 is 1.53 bits per heavy atom. The average molecular weight is 731 g/mol. The maximum absolute atomic E-state index is 16.3.